The minimum Gasteiger partial charge on any atom is -0.456 e. The third kappa shape index (κ3) is 2.03. The van der Waals surface area contributed by atoms with E-state index in [0.29, 0.717) is 0 Å². The number of halogens is 1. The minimum atomic E-state index is -0.337. The highest BCUT2D eigenvalue weighted by atomic mass is 79.9. The standard InChI is InChI=1S/C32H19BrO/c1-18-7-6-11-25-29(18)22-17-19(33)13-14-24(22)32(25)23-10-4-2-8-20(23)30-26(32)15-16-28-31(30)21-9-3-5-12-27(21)34-28/h2-17H,1H3. The number of hydrogen-bond acceptors (Lipinski definition) is 1. The molecule has 1 aromatic heterocycles. The molecule has 1 atom stereocenters. The van der Waals surface area contributed by atoms with Gasteiger partial charge >= 0.3 is 0 Å². The van der Waals surface area contributed by atoms with Crippen molar-refractivity contribution in [2.75, 3.05) is 0 Å². The molecule has 2 aliphatic carbocycles. The average molecular weight is 499 g/mol. The van der Waals surface area contributed by atoms with Crippen LogP contribution < -0.4 is 0 Å². The summed E-state index contributed by atoms with van der Waals surface area (Å²) in [6.07, 6.45) is 0. The second-order valence-electron chi connectivity index (χ2n) is 9.44. The van der Waals surface area contributed by atoms with Gasteiger partial charge in [0.25, 0.3) is 0 Å². The quantitative estimate of drug-likeness (QED) is 0.203. The number of para-hydroxylation sites is 1. The van der Waals surface area contributed by atoms with E-state index in [2.05, 4.69) is 114 Å². The lowest BCUT2D eigenvalue weighted by Crippen LogP contribution is -2.25. The van der Waals surface area contributed by atoms with Crippen molar-refractivity contribution in [3.8, 4) is 22.3 Å². The van der Waals surface area contributed by atoms with Gasteiger partial charge in [-0.3, -0.25) is 0 Å². The van der Waals surface area contributed by atoms with E-state index in [1.165, 1.54) is 60.8 Å². The van der Waals surface area contributed by atoms with Crippen LogP contribution in [0.3, 0.4) is 0 Å². The number of aryl methyl sites for hydroxylation is 1. The topological polar surface area (TPSA) is 13.1 Å². The molecule has 0 aliphatic heterocycles. The summed E-state index contributed by atoms with van der Waals surface area (Å²) in [7, 11) is 0. The molecule has 160 valence electrons. The number of fused-ring (bicyclic) bond motifs is 14. The molecule has 0 N–H and O–H groups in total. The van der Waals surface area contributed by atoms with E-state index in [4.69, 9.17) is 4.42 Å². The van der Waals surface area contributed by atoms with E-state index >= 15 is 0 Å². The Kier molecular flexibility index (Phi) is 3.47. The highest BCUT2D eigenvalue weighted by Crippen LogP contribution is 2.64. The van der Waals surface area contributed by atoms with Gasteiger partial charge in [0.05, 0.1) is 5.41 Å². The predicted molar refractivity (Wildman–Crippen MR) is 142 cm³/mol. The Labute approximate surface area is 205 Å². The first-order valence-electron chi connectivity index (χ1n) is 11.6. The zero-order valence-electron chi connectivity index (χ0n) is 18.5. The largest absolute Gasteiger partial charge is 0.456 e. The molecule has 1 spiro atoms. The lowest BCUT2D eigenvalue weighted by Gasteiger charge is -2.30. The molecule has 2 aliphatic rings. The summed E-state index contributed by atoms with van der Waals surface area (Å²) in [5, 5.41) is 2.40. The van der Waals surface area contributed by atoms with Gasteiger partial charge in [0.15, 0.2) is 0 Å². The van der Waals surface area contributed by atoms with Gasteiger partial charge in [-0.1, -0.05) is 88.7 Å². The van der Waals surface area contributed by atoms with Gasteiger partial charge in [0, 0.05) is 15.2 Å². The molecule has 1 nitrogen and oxygen atoms in total. The molecule has 5 aromatic carbocycles. The lowest BCUT2D eigenvalue weighted by molar-refractivity contribution is 0.668. The molecule has 2 heteroatoms. The summed E-state index contributed by atoms with van der Waals surface area (Å²) in [6.45, 7) is 2.23. The zero-order chi connectivity index (χ0) is 22.6. The van der Waals surface area contributed by atoms with Crippen molar-refractivity contribution in [2.24, 2.45) is 0 Å². The third-order valence-corrected chi connectivity index (χ3v) is 8.37. The molecule has 34 heavy (non-hydrogen) atoms. The van der Waals surface area contributed by atoms with Crippen LogP contribution in [-0.4, -0.2) is 0 Å². The summed E-state index contributed by atoms with van der Waals surface area (Å²) in [6, 6.07) is 35.4. The molecule has 0 bridgehead atoms. The molecule has 8 rings (SSSR count). The van der Waals surface area contributed by atoms with Crippen molar-refractivity contribution in [3.63, 3.8) is 0 Å². The van der Waals surface area contributed by atoms with Crippen LogP contribution in [0.5, 0.6) is 0 Å². The molecule has 1 heterocycles. The maximum atomic E-state index is 6.31. The van der Waals surface area contributed by atoms with Crippen molar-refractivity contribution in [2.45, 2.75) is 12.3 Å². The molecule has 0 amide bonds. The SMILES string of the molecule is Cc1cccc2c1-c1cc(Br)ccc1C21c2ccccc2-c2c1ccc1oc3ccccc3c21. The van der Waals surface area contributed by atoms with Gasteiger partial charge in [0.1, 0.15) is 11.2 Å². The number of hydrogen-bond donors (Lipinski definition) is 0. The highest BCUT2D eigenvalue weighted by molar-refractivity contribution is 9.10. The number of benzene rings is 5. The zero-order valence-corrected chi connectivity index (χ0v) is 20.1. The van der Waals surface area contributed by atoms with Gasteiger partial charge in [-0.2, -0.15) is 0 Å². The number of rotatable bonds is 0. The Bertz CT molecular complexity index is 1840. The molecule has 6 aromatic rings. The van der Waals surface area contributed by atoms with Crippen LogP contribution in [0.25, 0.3) is 44.2 Å². The fourth-order valence-electron chi connectivity index (χ4n) is 6.70. The molecule has 1 unspecified atom stereocenters. The van der Waals surface area contributed by atoms with E-state index in [-0.39, 0.29) is 5.41 Å². The Morgan fingerprint density at radius 3 is 2.29 bits per heavy atom. The third-order valence-electron chi connectivity index (χ3n) is 7.88. The average Bonchev–Trinajstić information content (AvgIpc) is 3.47. The predicted octanol–water partition coefficient (Wildman–Crippen LogP) is 9.00. The van der Waals surface area contributed by atoms with Gasteiger partial charge in [-0.15, -0.1) is 0 Å². The van der Waals surface area contributed by atoms with Crippen molar-refractivity contribution < 1.29 is 4.42 Å². The first-order valence-corrected chi connectivity index (χ1v) is 12.4. The van der Waals surface area contributed by atoms with Crippen LogP contribution in [0, 0.1) is 6.92 Å². The van der Waals surface area contributed by atoms with Crippen molar-refractivity contribution in [3.05, 3.63) is 129 Å². The van der Waals surface area contributed by atoms with Crippen LogP contribution in [0.4, 0.5) is 0 Å². The van der Waals surface area contributed by atoms with Crippen LogP contribution >= 0.6 is 15.9 Å². The summed E-state index contributed by atoms with van der Waals surface area (Å²) in [5.74, 6) is 0. The molecule has 0 saturated heterocycles. The van der Waals surface area contributed by atoms with Crippen LogP contribution in [0.1, 0.15) is 27.8 Å². The summed E-state index contributed by atoms with van der Waals surface area (Å²) in [4.78, 5) is 0. The Morgan fingerprint density at radius 2 is 1.35 bits per heavy atom. The molecular weight excluding hydrogens is 480 g/mol. The second-order valence-corrected chi connectivity index (χ2v) is 10.4. The Morgan fingerprint density at radius 1 is 0.618 bits per heavy atom. The van der Waals surface area contributed by atoms with Gasteiger partial charge in [-0.25, -0.2) is 0 Å². The monoisotopic (exact) mass is 498 g/mol. The Hall–Kier alpha value is -3.62. The minimum absolute atomic E-state index is 0.337. The second kappa shape index (κ2) is 6.28. The summed E-state index contributed by atoms with van der Waals surface area (Å²) < 4.78 is 7.42. The normalized spacial score (nSPS) is 17.2. The smallest absolute Gasteiger partial charge is 0.136 e. The maximum Gasteiger partial charge on any atom is 0.136 e. The van der Waals surface area contributed by atoms with E-state index in [1.54, 1.807) is 0 Å². The first-order chi connectivity index (χ1) is 16.7. The summed E-state index contributed by atoms with van der Waals surface area (Å²) in [5.41, 5.74) is 13.6. The van der Waals surface area contributed by atoms with Crippen molar-refractivity contribution >= 4 is 37.9 Å². The lowest BCUT2D eigenvalue weighted by atomic mass is 9.70. The van der Waals surface area contributed by atoms with Gasteiger partial charge < -0.3 is 4.42 Å². The van der Waals surface area contributed by atoms with Crippen molar-refractivity contribution in [1.29, 1.82) is 0 Å². The highest BCUT2D eigenvalue weighted by Gasteiger charge is 2.52. The van der Waals surface area contributed by atoms with Crippen LogP contribution in [0.15, 0.2) is 106 Å². The number of furan rings is 1. The van der Waals surface area contributed by atoms with E-state index in [1.807, 2.05) is 6.07 Å². The first kappa shape index (κ1) is 18.8. The Balaban J connectivity index is 1.64. The summed E-state index contributed by atoms with van der Waals surface area (Å²) >= 11 is 3.74. The van der Waals surface area contributed by atoms with E-state index in [0.717, 1.165) is 15.6 Å². The van der Waals surface area contributed by atoms with E-state index in [9.17, 15) is 0 Å². The molecular formula is C32H19BrO. The van der Waals surface area contributed by atoms with Crippen LogP contribution in [-0.2, 0) is 5.41 Å². The fourth-order valence-corrected chi connectivity index (χ4v) is 7.06. The molecule has 0 radical (unpaired) electrons. The van der Waals surface area contributed by atoms with Crippen LogP contribution in [0.2, 0.25) is 0 Å². The maximum absolute atomic E-state index is 6.31. The molecule has 0 saturated carbocycles. The fraction of sp³-hybridized carbons (Fsp3) is 0.0625. The van der Waals surface area contributed by atoms with E-state index < -0.39 is 0 Å². The van der Waals surface area contributed by atoms with Gasteiger partial charge in [0.2, 0.25) is 0 Å². The molecule has 0 fully saturated rings. The van der Waals surface area contributed by atoms with Gasteiger partial charge in [-0.05, 0) is 81.3 Å². The van der Waals surface area contributed by atoms with Crippen molar-refractivity contribution in [1.82, 2.24) is 0 Å².